The molecular weight excluding hydrogens is 252 g/mol. The van der Waals surface area contributed by atoms with E-state index in [4.69, 9.17) is 22.6 Å². The predicted molar refractivity (Wildman–Crippen MR) is 70.1 cm³/mol. The number of carbonyl (C=O) groups excluding carboxylic acids is 1. The minimum absolute atomic E-state index is 0.0636. The Hall–Kier alpha value is -1.36. The summed E-state index contributed by atoms with van der Waals surface area (Å²) in [5, 5.41) is -0.223. The predicted octanol–water partition coefficient (Wildman–Crippen LogP) is 1.86. The fourth-order valence-electron chi connectivity index (χ4n) is 2.51. The highest BCUT2D eigenvalue weighted by molar-refractivity contribution is 6.28. The molecule has 1 amide bonds. The number of fused-ring (bicyclic) bond motifs is 3. The molecule has 1 aromatic heterocycles. The zero-order valence-electron chi connectivity index (χ0n) is 17.3. The molecule has 0 spiro atoms. The first-order chi connectivity index (χ1) is 11.7. The fourth-order valence-corrected chi connectivity index (χ4v) is 2.64. The number of halogens is 1. The molecule has 0 bridgehead atoms. The molecule has 6 heteroatoms. The zero-order chi connectivity index (χ0) is 19.7. The number of likely N-dealkylation sites (N-methyl/N-ethyl adjacent to an activating group) is 1. The van der Waals surface area contributed by atoms with E-state index in [1.54, 1.807) is 0 Å². The molecule has 2 aliphatic rings. The quantitative estimate of drug-likeness (QED) is 0.734. The molecule has 0 N–H and O–H groups in total. The van der Waals surface area contributed by atoms with Crippen LogP contribution in [-0.2, 0) is 4.79 Å². The Bertz CT molecular complexity index is 767. The molecule has 0 saturated carbocycles. The van der Waals surface area contributed by atoms with Crippen LogP contribution in [0.2, 0.25) is 5.28 Å². The topological polar surface area (TPSA) is 49.3 Å². The van der Waals surface area contributed by atoms with Crippen molar-refractivity contribution >= 4 is 29.0 Å². The van der Waals surface area contributed by atoms with Crippen molar-refractivity contribution in [2.24, 2.45) is 0 Å². The molecule has 1 aromatic rings. The van der Waals surface area contributed by atoms with E-state index in [2.05, 4.69) is 9.97 Å². The van der Waals surface area contributed by atoms with Crippen molar-refractivity contribution in [2.45, 2.75) is 31.6 Å². The average molecular weight is 275 g/mol. The summed E-state index contributed by atoms with van der Waals surface area (Å²) in [6.07, 6.45) is -1.82. The van der Waals surface area contributed by atoms with Gasteiger partial charge in [-0.05, 0) is 30.8 Å². The van der Waals surface area contributed by atoms with Gasteiger partial charge in [-0.15, -0.1) is 0 Å². The first kappa shape index (κ1) is 5.74. The van der Waals surface area contributed by atoms with Gasteiger partial charge in [-0.3, -0.25) is 4.79 Å². The maximum absolute atomic E-state index is 13.3. The first-order valence-corrected chi connectivity index (χ1v) is 5.78. The van der Waals surface area contributed by atoms with Gasteiger partial charge in [0, 0.05) is 24.5 Å². The summed E-state index contributed by atoms with van der Waals surface area (Å²) < 4.78 is 62.5. The number of amides is 1. The van der Waals surface area contributed by atoms with Gasteiger partial charge in [0.05, 0.1) is 6.20 Å². The minimum Gasteiger partial charge on any atom is -0.340 e. The number of hydrogen-bond acceptors (Lipinski definition) is 4. The highest BCUT2D eigenvalue weighted by Crippen LogP contribution is 2.45. The van der Waals surface area contributed by atoms with E-state index in [0.29, 0.717) is 4.90 Å². The van der Waals surface area contributed by atoms with Gasteiger partial charge in [-0.25, -0.2) is 4.98 Å². The monoisotopic (exact) mass is 274 g/mol. The lowest BCUT2D eigenvalue weighted by Crippen LogP contribution is -2.59. The molecule has 1 atom stereocenters. The number of carbonyl (C=O) groups is 1. The van der Waals surface area contributed by atoms with E-state index in [9.17, 15) is 4.79 Å². The van der Waals surface area contributed by atoms with Crippen molar-refractivity contribution in [1.29, 1.82) is 0 Å². The molecule has 0 aromatic carbocycles. The lowest BCUT2D eigenvalue weighted by Gasteiger charge is -2.45. The van der Waals surface area contributed by atoms with Crippen molar-refractivity contribution in [3.8, 4) is 0 Å². The Kier molecular flexibility index (Phi) is 1.22. The maximum atomic E-state index is 13.3. The Morgan fingerprint density at radius 2 is 2.61 bits per heavy atom. The van der Waals surface area contributed by atoms with Crippen molar-refractivity contribution in [1.82, 2.24) is 9.97 Å². The summed E-state index contributed by atoms with van der Waals surface area (Å²) in [5.74, 6) is -1.21. The van der Waals surface area contributed by atoms with Crippen molar-refractivity contribution in [3.05, 3.63) is 11.5 Å². The van der Waals surface area contributed by atoms with E-state index in [1.807, 2.05) is 0 Å². The molecule has 3 heterocycles. The largest absolute Gasteiger partial charge is 0.340 e. The van der Waals surface area contributed by atoms with Gasteiger partial charge in [0.15, 0.2) is 5.82 Å². The molecule has 1 fully saturated rings. The second kappa shape index (κ2) is 3.82. The number of nitrogens with zero attached hydrogens (tertiary/aromatic N) is 4. The summed E-state index contributed by atoms with van der Waals surface area (Å²) in [6, 6.07) is 0. The van der Waals surface area contributed by atoms with Crippen LogP contribution in [-0.4, -0.2) is 34.9 Å². The third-order valence-electron chi connectivity index (χ3n) is 3.36. The minimum atomic E-state index is -3.17. The van der Waals surface area contributed by atoms with E-state index < -0.39 is 31.6 Å². The van der Waals surface area contributed by atoms with Crippen LogP contribution in [0.3, 0.4) is 0 Å². The van der Waals surface area contributed by atoms with E-state index in [1.165, 1.54) is 4.90 Å². The van der Waals surface area contributed by atoms with Crippen molar-refractivity contribution in [3.63, 3.8) is 0 Å². The molecule has 0 unspecified atom stereocenters. The van der Waals surface area contributed by atoms with Crippen LogP contribution in [0.25, 0.3) is 0 Å². The van der Waals surface area contributed by atoms with Gasteiger partial charge < -0.3 is 9.80 Å². The van der Waals surface area contributed by atoms with Gasteiger partial charge in [-0.2, -0.15) is 4.98 Å². The van der Waals surface area contributed by atoms with Crippen LogP contribution in [0.5, 0.6) is 0 Å². The molecule has 5 nitrogen and oxygen atoms in total. The fraction of sp³-hybridized carbons (Fsp3) is 0.583. The van der Waals surface area contributed by atoms with Crippen LogP contribution >= 0.6 is 11.6 Å². The Balaban J connectivity index is 2.35. The number of rotatable bonds is 1. The summed E-state index contributed by atoms with van der Waals surface area (Å²) in [6.45, 7) is -6.01. The Morgan fingerprint density at radius 1 is 1.72 bits per heavy atom. The van der Waals surface area contributed by atoms with Crippen molar-refractivity contribution < 1.29 is 15.8 Å². The summed E-state index contributed by atoms with van der Waals surface area (Å²) >= 11 is 5.82. The average Bonchev–Trinajstić information content (AvgIpc) is 2.92. The van der Waals surface area contributed by atoms with Crippen LogP contribution in [0.4, 0.5) is 11.5 Å². The van der Waals surface area contributed by atoms with Gasteiger partial charge >= 0.3 is 0 Å². The van der Waals surface area contributed by atoms with Crippen LogP contribution in [0.1, 0.15) is 37.0 Å². The number of aromatic nitrogens is 2. The number of hydrogen-bond donors (Lipinski definition) is 0. The molecule has 18 heavy (non-hydrogen) atoms. The van der Waals surface area contributed by atoms with Crippen LogP contribution < -0.4 is 9.80 Å². The smallest absolute Gasteiger partial charge is 0.252 e. The van der Waals surface area contributed by atoms with Gasteiger partial charge in [0.25, 0.3) is 5.91 Å². The highest BCUT2D eigenvalue weighted by Gasteiger charge is 2.52. The molecular formula is C12H15ClN4O. The number of anilines is 2. The zero-order valence-corrected chi connectivity index (χ0v) is 10.0. The maximum Gasteiger partial charge on any atom is 0.252 e. The molecule has 0 radical (unpaired) electrons. The van der Waals surface area contributed by atoms with Gasteiger partial charge in [-0.1, -0.05) is 6.85 Å². The lowest BCUT2D eigenvalue weighted by atomic mass is 9.89. The third-order valence-corrected chi connectivity index (χ3v) is 3.54. The Morgan fingerprint density at radius 3 is 3.39 bits per heavy atom. The summed E-state index contributed by atoms with van der Waals surface area (Å²) in [4.78, 5) is 22.6. The molecule has 1 saturated heterocycles. The van der Waals surface area contributed by atoms with E-state index in [0.717, 1.165) is 6.20 Å². The normalized spacial score (nSPS) is 35.1. The van der Waals surface area contributed by atoms with E-state index in [-0.39, 0.29) is 36.2 Å². The van der Waals surface area contributed by atoms with Crippen LogP contribution in [0.15, 0.2) is 6.20 Å². The third kappa shape index (κ3) is 1.31. The molecule has 96 valence electrons. The summed E-state index contributed by atoms with van der Waals surface area (Å²) in [7, 11) is 0. The summed E-state index contributed by atoms with van der Waals surface area (Å²) in [5.41, 5.74) is -2.38. The van der Waals surface area contributed by atoms with Crippen molar-refractivity contribution in [2.75, 3.05) is 23.3 Å². The van der Waals surface area contributed by atoms with E-state index >= 15 is 0 Å². The Labute approximate surface area is 122 Å². The van der Waals surface area contributed by atoms with Crippen LogP contribution in [0, 0.1) is 0 Å². The second-order valence-corrected chi connectivity index (χ2v) is 4.57. The van der Waals surface area contributed by atoms with Gasteiger partial charge in [0.1, 0.15) is 11.2 Å². The molecule has 2 aliphatic heterocycles. The standard InChI is InChI=1S/C12H15ClN4O/c1-3-12-5-4-6-17(12)9-8(16(2)10(12)18)7-14-11(13)15-9/h7H,3-6H2,1-2H3/t12-/m0/s1/i1D3,2D3,3D2. The molecule has 0 aliphatic carbocycles. The highest BCUT2D eigenvalue weighted by atomic mass is 35.5. The SMILES string of the molecule is [2H]C([2H])([2H])N1C(=O)[C@]2(C([2H])([2H])C([2H])([2H])[2H])CCCN2c2nc(Cl)ncc21. The van der Waals surface area contributed by atoms with Gasteiger partial charge in [0.2, 0.25) is 5.28 Å². The second-order valence-electron chi connectivity index (χ2n) is 4.23. The lowest BCUT2D eigenvalue weighted by molar-refractivity contribution is -0.123. The molecule has 3 rings (SSSR count). The first-order valence-electron chi connectivity index (χ1n) is 9.40.